The molecule has 3 atom stereocenters. The molecule has 5 N–H and O–H groups in total. The number of carbonyl (C=O) groups excluding carboxylic acids is 2. The van der Waals surface area contributed by atoms with E-state index in [2.05, 4.69) is 5.32 Å². The van der Waals surface area contributed by atoms with E-state index in [1.807, 2.05) is 0 Å². The molecule has 0 aliphatic carbocycles. The molecule has 3 rings (SSSR count). The van der Waals surface area contributed by atoms with Crippen LogP contribution in [0.25, 0.3) is 0 Å². The van der Waals surface area contributed by atoms with Gasteiger partial charge in [-0.2, -0.15) is 11.3 Å². The van der Waals surface area contributed by atoms with Crippen LogP contribution in [0.1, 0.15) is 11.5 Å². The van der Waals surface area contributed by atoms with Crippen LogP contribution in [0.5, 0.6) is 0 Å². The molecule has 2 amide bonds. The van der Waals surface area contributed by atoms with Crippen LogP contribution >= 0.6 is 30.7 Å². The number of rotatable bonds is 6. The number of aliphatic hydroxyl groups excluding tert-OH is 1. The number of hydrogen-bond donors (Lipinski definition) is 5. The van der Waals surface area contributed by atoms with E-state index in [0.717, 1.165) is 16.7 Å². The third kappa shape index (κ3) is 3.56. The van der Waals surface area contributed by atoms with Crippen molar-refractivity contribution in [3.05, 3.63) is 33.4 Å². The number of nitrogens with zero attached hydrogens (tertiary/aromatic N) is 1. The number of thiophene rings is 1. The second-order valence-corrected chi connectivity index (χ2v) is 9.25. The maximum atomic E-state index is 12.4. The average Bonchev–Trinajstić information content (AvgIpc) is 3.11. The number of thioether (sulfide) groups is 1. The third-order valence-electron chi connectivity index (χ3n) is 4.17. The summed E-state index contributed by atoms with van der Waals surface area (Å²) in [6, 6.07) is 0.389. The highest BCUT2D eigenvalue weighted by Crippen LogP contribution is 2.55. The summed E-state index contributed by atoms with van der Waals surface area (Å²) in [7, 11) is -4.82. The lowest BCUT2D eigenvalue weighted by molar-refractivity contribution is -0.149. The molecule has 27 heavy (non-hydrogen) atoms. The first-order valence-electron chi connectivity index (χ1n) is 7.55. The van der Waals surface area contributed by atoms with Crippen LogP contribution in [0.2, 0.25) is 0 Å². The molecule has 1 aromatic rings. The summed E-state index contributed by atoms with van der Waals surface area (Å²) in [4.78, 5) is 56.2. The molecule has 1 unspecified atom stereocenters. The summed E-state index contributed by atoms with van der Waals surface area (Å²) < 4.78 is 11.7. The Balaban J connectivity index is 1.81. The summed E-state index contributed by atoms with van der Waals surface area (Å²) in [6.07, 6.45) is 0. The van der Waals surface area contributed by atoms with Gasteiger partial charge in [-0.25, -0.2) is 0 Å². The fourth-order valence-electron chi connectivity index (χ4n) is 2.96. The Morgan fingerprint density at radius 1 is 1.41 bits per heavy atom. The highest BCUT2D eigenvalue weighted by Gasteiger charge is 2.56. The van der Waals surface area contributed by atoms with E-state index in [4.69, 9.17) is 0 Å². The van der Waals surface area contributed by atoms with Gasteiger partial charge in [-0.1, -0.05) is 0 Å². The van der Waals surface area contributed by atoms with Gasteiger partial charge in [0.05, 0.1) is 6.61 Å². The van der Waals surface area contributed by atoms with Crippen molar-refractivity contribution in [2.75, 3.05) is 12.4 Å². The first-order chi connectivity index (χ1) is 12.7. The molecule has 0 aromatic carbocycles. The lowest BCUT2D eigenvalue weighted by atomic mass is 9.99. The van der Waals surface area contributed by atoms with Crippen molar-refractivity contribution in [3.63, 3.8) is 0 Å². The van der Waals surface area contributed by atoms with Gasteiger partial charge in [-0.15, -0.1) is 11.8 Å². The molecule has 0 radical (unpaired) electrons. The van der Waals surface area contributed by atoms with Crippen LogP contribution in [0.4, 0.5) is 0 Å². The van der Waals surface area contributed by atoms with Crippen molar-refractivity contribution in [1.29, 1.82) is 0 Å². The first kappa shape index (κ1) is 20.1. The van der Waals surface area contributed by atoms with Gasteiger partial charge in [0.2, 0.25) is 5.91 Å². The van der Waals surface area contributed by atoms with Crippen LogP contribution in [-0.2, 0) is 18.9 Å². The lowest BCUT2D eigenvalue weighted by Gasteiger charge is -2.50. The van der Waals surface area contributed by atoms with Crippen LogP contribution in [-0.4, -0.2) is 66.5 Å². The Labute approximate surface area is 161 Å². The number of amides is 2. The van der Waals surface area contributed by atoms with E-state index in [0.29, 0.717) is 0 Å². The molecule has 0 bridgehead atoms. The summed E-state index contributed by atoms with van der Waals surface area (Å²) in [5.74, 6) is -4.43. The van der Waals surface area contributed by atoms with Crippen molar-refractivity contribution in [3.8, 4) is 0 Å². The van der Waals surface area contributed by atoms with Crippen molar-refractivity contribution < 1.29 is 38.9 Å². The van der Waals surface area contributed by atoms with Gasteiger partial charge >= 0.3 is 13.6 Å². The molecule has 13 heteroatoms. The minimum absolute atomic E-state index is 0.0457. The van der Waals surface area contributed by atoms with E-state index in [9.17, 15) is 38.9 Å². The Kier molecular flexibility index (Phi) is 5.48. The number of aliphatic hydroxyl groups is 1. The summed E-state index contributed by atoms with van der Waals surface area (Å²) in [5.41, 5.74) is -0.218. The smallest absolute Gasteiger partial charge is 0.372 e. The highest BCUT2D eigenvalue weighted by molar-refractivity contribution is 8.00. The van der Waals surface area contributed by atoms with Crippen LogP contribution in [0.15, 0.2) is 27.8 Å². The Hall–Kier alpha value is -1.69. The van der Waals surface area contributed by atoms with E-state index < -0.39 is 54.8 Å². The zero-order valence-electron chi connectivity index (χ0n) is 13.5. The van der Waals surface area contributed by atoms with Gasteiger partial charge in [0.25, 0.3) is 5.91 Å². The molecule has 3 heterocycles. The number of nitrogens with one attached hydrogen (secondary N) is 1. The molecular weight excluding hydrogens is 419 g/mol. The van der Waals surface area contributed by atoms with Gasteiger partial charge in [-0.05, 0) is 28.0 Å². The second kappa shape index (κ2) is 7.38. The largest absolute Gasteiger partial charge is 0.480 e. The predicted octanol–water partition coefficient (Wildman–Crippen LogP) is -0.302. The Morgan fingerprint density at radius 2 is 2.11 bits per heavy atom. The minimum atomic E-state index is -4.82. The van der Waals surface area contributed by atoms with Crippen molar-refractivity contribution >= 4 is 48.5 Å². The van der Waals surface area contributed by atoms with Gasteiger partial charge in [0.15, 0.2) is 5.92 Å². The molecule has 146 valence electrons. The van der Waals surface area contributed by atoms with Gasteiger partial charge in [-0.3, -0.25) is 23.8 Å². The van der Waals surface area contributed by atoms with Crippen LogP contribution < -0.4 is 5.32 Å². The second-order valence-electron chi connectivity index (χ2n) is 5.85. The number of aliphatic carboxylic acids is 1. The van der Waals surface area contributed by atoms with Crippen LogP contribution in [0.3, 0.4) is 0 Å². The van der Waals surface area contributed by atoms with Crippen molar-refractivity contribution in [2.24, 2.45) is 0 Å². The average molecular weight is 434 g/mol. The molecule has 1 aromatic heterocycles. The maximum absolute atomic E-state index is 12.4. The number of carboxylic acid groups (broad SMARTS) is 1. The standard InChI is InChI=1S/C14H15N2O8PS2/c17-3-7-5-27-13-9(11(19)16(13)12(7)25(22,23)24)15-10(18)8(14(20)21)6-1-2-26-4-6/h1-2,4,8-9,13,17H,3,5H2,(H,15,18)(H,20,21)(H2,22,23,24)/t8?,9-,13-/m1/s1. The van der Waals surface area contributed by atoms with Crippen LogP contribution in [0, 0.1) is 0 Å². The molecule has 1 fully saturated rings. The Morgan fingerprint density at radius 3 is 2.63 bits per heavy atom. The fourth-order valence-corrected chi connectivity index (χ4v) is 6.23. The highest BCUT2D eigenvalue weighted by atomic mass is 32.2. The monoisotopic (exact) mass is 434 g/mol. The molecule has 0 spiro atoms. The molecule has 1 saturated heterocycles. The summed E-state index contributed by atoms with van der Waals surface area (Å²) >= 11 is 2.35. The number of hydrogen-bond acceptors (Lipinski definition) is 7. The quantitative estimate of drug-likeness (QED) is 0.230. The normalized spacial score (nSPS) is 23.5. The van der Waals surface area contributed by atoms with Gasteiger partial charge in [0, 0.05) is 5.75 Å². The molecule has 10 nitrogen and oxygen atoms in total. The summed E-state index contributed by atoms with van der Waals surface area (Å²) in [6.45, 7) is -0.611. The molecule has 0 saturated carbocycles. The minimum Gasteiger partial charge on any atom is -0.480 e. The topological polar surface area (TPSA) is 164 Å². The van der Waals surface area contributed by atoms with E-state index >= 15 is 0 Å². The third-order valence-corrected chi connectivity index (χ3v) is 7.29. The number of β-lactam (4-membered cyclic amide) rings is 1. The van der Waals surface area contributed by atoms with E-state index in [1.165, 1.54) is 22.8 Å². The predicted molar refractivity (Wildman–Crippen MR) is 95.9 cm³/mol. The van der Waals surface area contributed by atoms with E-state index in [1.54, 1.807) is 5.38 Å². The summed E-state index contributed by atoms with van der Waals surface area (Å²) in [5, 5.41) is 23.4. The van der Waals surface area contributed by atoms with Crippen molar-refractivity contribution in [2.45, 2.75) is 17.3 Å². The molecule has 2 aliphatic heterocycles. The number of fused-ring (bicyclic) bond motifs is 1. The van der Waals surface area contributed by atoms with Gasteiger partial charge in [0.1, 0.15) is 16.9 Å². The first-order valence-corrected chi connectivity index (χ1v) is 11.2. The zero-order chi connectivity index (χ0) is 19.9. The molecule has 2 aliphatic rings. The van der Waals surface area contributed by atoms with Crippen molar-refractivity contribution in [1.82, 2.24) is 10.2 Å². The number of carbonyl (C=O) groups is 3. The Bertz CT molecular complexity index is 864. The molecular formula is C14H15N2O8PS2. The van der Waals surface area contributed by atoms with Gasteiger partial charge < -0.3 is 25.3 Å². The maximum Gasteiger partial charge on any atom is 0.372 e. The fraction of sp³-hybridized carbons (Fsp3) is 0.357. The van der Waals surface area contributed by atoms with E-state index in [-0.39, 0.29) is 16.9 Å². The zero-order valence-corrected chi connectivity index (χ0v) is 16.0. The number of carboxylic acids is 1. The lowest BCUT2D eigenvalue weighted by Crippen LogP contribution is -2.70. The SMILES string of the molecule is O=C(O)C(C(=O)N[C@@H]1C(=O)N2C(P(=O)(O)O)=C(CO)CS[C@H]12)c1ccsc1.